The molecule has 0 saturated carbocycles. The van der Waals surface area contributed by atoms with Crippen LogP contribution in [-0.4, -0.2) is 98.5 Å². The van der Waals surface area contributed by atoms with Crippen LogP contribution < -0.4 is 42.0 Å². The van der Waals surface area contributed by atoms with Crippen molar-refractivity contribution in [2.75, 3.05) is 65.2 Å². The number of aryl methyl sites for hydroxylation is 3. The number of hydrogen-bond acceptors (Lipinski definition) is 23. The Bertz CT molecular complexity index is 3480. The number of nitrogen functional groups attached to an aromatic ring is 3. The van der Waals surface area contributed by atoms with Crippen LogP contribution in [0, 0.1) is 41.5 Å². The van der Waals surface area contributed by atoms with Crippen molar-refractivity contribution in [1.29, 1.82) is 0 Å². The van der Waals surface area contributed by atoms with E-state index in [-0.39, 0.29) is 35.6 Å². The molecule has 0 radical (unpaired) electrons. The minimum absolute atomic E-state index is 0.0416. The SMILES string of the molecule is C=C(C)NCC1CN(Cc2ncc(C)c(OC)c2C)c2nc(N)nc(Cl)c21.CCc1c(C)cnc(CN2C[C@@H](Cc3nnco3)c3c(Cl)nc(N)nc32)c1C.CCc1c(C)cnc(CN2C[C@H](Cc3nnco3)c3c(Cl)nc(N)nc32)c1C. The number of halogens is 3. The van der Waals surface area contributed by atoms with Crippen LogP contribution in [0.5, 0.6) is 5.75 Å². The summed E-state index contributed by atoms with van der Waals surface area (Å²) in [6.45, 7) is 27.3. The summed E-state index contributed by atoms with van der Waals surface area (Å²) in [7, 11) is 1.68. The quantitative estimate of drug-likeness (QED) is 0.0656. The average molecular weight is 1190 g/mol. The van der Waals surface area contributed by atoms with Crippen LogP contribution in [-0.2, 0) is 45.3 Å². The van der Waals surface area contributed by atoms with Gasteiger partial charge >= 0.3 is 0 Å². The van der Waals surface area contributed by atoms with Gasteiger partial charge in [0.25, 0.3) is 0 Å². The monoisotopic (exact) mass is 1190 g/mol. The zero-order chi connectivity index (χ0) is 59.4. The number of hydrogen-bond donors (Lipinski definition) is 4. The zero-order valence-electron chi connectivity index (χ0n) is 48.4. The van der Waals surface area contributed by atoms with Crippen LogP contribution in [0.4, 0.5) is 35.3 Å². The van der Waals surface area contributed by atoms with Crippen molar-refractivity contribution in [3.05, 3.63) is 149 Å². The van der Waals surface area contributed by atoms with E-state index in [2.05, 4.69) is 133 Å². The molecule has 0 aliphatic carbocycles. The molecule has 26 heteroatoms. The lowest BCUT2D eigenvalue weighted by molar-refractivity contribution is 0.406. The number of nitrogens with zero attached hydrogens (tertiary/aromatic N) is 16. The van der Waals surface area contributed by atoms with Crippen LogP contribution in [0.25, 0.3) is 0 Å². The molecular formula is C57H69Cl3N20O3. The van der Waals surface area contributed by atoms with Gasteiger partial charge in [-0.1, -0.05) is 55.2 Å². The van der Waals surface area contributed by atoms with E-state index in [1.165, 1.54) is 46.2 Å². The molecule has 3 aliphatic heterocycles. The fraction of sp³-hybridized carbons (Fsp3) is 0.421. The Kier molecular flexibility index (Phi) is 18.4. The highest BCUT2D eigenvalue weighted by atomic mass is 35.5. The molecule has 0 bridgehead atoms. The first-order valence-electron chi connectivity index (χ1n) is 27.3. The van der Waals surface area contributed by atoms with Crippen LogP contribution in [0.2, 0.25) is 15.5 Å². The van der Waals surface area contributed by atoms with Crippen molar-refractivity contribution < 1.29 is 13.6 Å². The van der Waals surface area contributed by atoms with Gasteiger partial charge in [-0.15, -0.1) is 20.4 Å². The molecule has 0 spiro atoms. The maximum absolute atomic E-state index is 6.44. The van der Waals surface area contributed by atoms with Crippen LogP contribution in [0.1, 0.15) is 129 Å². The van der Waals surface area contributed by atoms with Crippen molar-refractivity contribution in [2.45, 2.75) is 125 Å². The first-order valence-corrected chi connectivity index (χ1v) is 28.4. The Morgan fingerprint density at radius 1 is 0.590 bits per heavy atom. The second-order valence-electron chi connectivity index (χ2n) is 21.0. The third-order valence-corrected chi connectivity index (χ3v) is 16.3. The highest BCUT2D eigenvalue weighted by molar-refractivity contribution is 6.31. The van der Waals surface area contributed by atoms with E-state index in [9.17, 15) is 0 Å². The number of nitrogens with two attached hydrogens (primary N) is 3. The number of fused-ring (bicyclic) bond motifs is 3. The van der Waals surface area contributed by atoms with Gasteiger partial charge in [0.2, 0.25) is 42.4 Å². The van der Waals surface area contributed by atoms with E-state index < -0.39 is 0 Å². The molecule has 0 amide bonds. The predicted octanol–water partition coefficient (Wildman–Crippen LogP) is 8.99. The van der Waals surface area contributed by atoms with E-state index in [1.54, 1.807) is 7.11 Å². The molecule has 83 heavy (non-hydrogen) atoms. The summed E-state index contributed by atoms with van der Waals surface area (Å²) >= 11 is 19.3. The summed E-state index contributed by atoms with van der Waals surface area (Å²) in [5.41, 5.74) is 33.7. The molecule has 436 valence electrons. The van der Waals surface area contributed by atoms with Gasteiger partial charge in [0.1, 0.15) is 38.7 Å². The van der Waals surface area contributed by atoms with Crippen molar-refractivity contribution in [1.82, 2.24) is 70.6 Å². The Labute approximate surface area is 497 Å². The maximum atomic E-state index is 6.44. The van der Waals surface area contributed by atoms with E-state index >= 15 is 0 Å². The minimum atomic E-state index is 0.0416. The second-order valence-corrected chi connectivity index (χ2v) is 22.1. The van der Waals surface area contributed by atoms with Gasteiger partial charge < -0.3 is 50.8 Å². The number of methoxy groups -OCH3 is 1. The number of anilines is 6. The molecule has 3 aliphatic rings. The van der Waals surface area contributed by atoms with Gasteiger partial charge in [0, 0.05) is 109 Å². The van der Waals surface area contributed by atoms with Gasteiger partial charge in [-0.2, -0.15) is 15.0 Å². The molecule has 8 aromatic rings. The van der Waals surface area contributed by atoms with Gasteiger partial charge in [-0.25, -0.2) is 15.0 Å². The molecule has 1 unspecified atom stereocenters. The highest BCUT2D eigenvalue weighted by Gasteiger charge is 2.38. The lowest BCUT2D eigenvalue weighted by atomic mass is 10.0. The molecule has 0 saturated heterocycles. The lowest BCUT2D eigenvalue weighted by Crippen LogP contribution is -2.27. The summed E-state index contributed by atoms with van der Waals surface area (Å²) in [5.74, 6) is 4.96. The van der Waals surface area contributed by atoms with Gasteiger partial charge in [-0.3, -0.25) is 15.0 Å². The molecule has 8 aromatic heterocycles. The molecular weight excluding hydrogens is 1120 g/mol. The molecule has 0 aromatic carbocycles. The van der Waals surface area contributed by atoms with Gasteiger partial charge in [0.15, 0.2) is 0 Å². The largest absolute Gasteiger partial charge is 0.496 e. The minimum Gasteiger partial charge on any atom is -0.496 e. The summed E-state index contributed by atoms with van der Waals surface area (Å²) in [6.07, 6.45) is 11.5. The highest BCUT2D eigenvalue weighted by Crippen LogP contribution is 2.44. The summed E-state index contributed by atoms with van der Waals surface area (Å²) in [6, 6.07) is 0. The topological polar surface area (TPSA) is 303 Å². The molecule has 11 heterocycles. The van der Waals surface area contributed by atoms with Crippen molar-refractivity contribution in [3.8, 4) is 5.75 Å². The third kappa shape index (κ3) is 13.0. The normalized spacial score (nSPS) is 15.8. The van der Waals surface area contributed by atoms with Gasteiger partial charge in [-0.05, 0) is 94.7 Å². The van der Waals surface area contributed by atoms with E-state index in [0.717, 1.165) is 93.2 Å². The first kappa shape index (κ1) is 59.6. The number of pyridine rings is 3. The zero-order valence-corrected chi connectivity index (χ0v) is 50.6. The molecule has 7 N–H and O–H groups in total. The Hall–Kier alpha value is -8.02. The van der Waals surface area contributed by atoms with Crippen LogP contribution in [0.15, 0.2) is 52.5 Å². The molecule has 23 nitrogen and oxygen atoms in total. The van der Waals surface area contributed by atoms with Gasteiger partial charge in [0.05, 0.1) is 43.8 Å². The fourth-order valence-electron chi connectivity index (χ4n) is 11.5. The first-order chi connectivity index (χ1) is 39.8. The number of rotatable bonds is 16. The van der Waals surface area contributed by atoms with Crippen LogP contribution >= 0.6 is 34.8 Å². The van der Waals surface area contributed by atoms with Crippen molar-refractivity contribution in [3.63, 3.8) is 0 Å². The van der Waals surface area contributed by atoms with Crippen molar-refractivity contribution in [2.24, 2.45) is 0 Å². The number of allylic oxidation sites excluding steroid dienone is 1. The van der Waals surface area contributed by atoms with Crippen LogP contribution in [0.3, 0.4) is 0 Å². The summed E-state index contributed by atoms with van der Waals surface area (Å²) in [4.78, 5) is 46.3. The van der Waals surface area contributed by atoms with E-state index in [4.69, 9.17) is 65.6 Å². The fourth-order valence-corrected chi connectivity index (χ4v) is 12.4. The smallest absolute Gasteiger partial charge is 0.223 e. The number of nitrogens with one attached hydrogen (secondary N) is 1. The lowest BCUT2D eigenvalue weighted by Gasteiger charge is -2.21. The van der Waals surface area contributed by atoms with E-state index in [0.29, 0.717) is 79.4 Å². The molecule has 0 fully saturated rings. The third-order valence-electron chi connectivity index (χ3n) is 15.5. The predicted molar refractivity (Wildman–Crippen MR) is 321 cm³/mol. The maximum Gasteiger partial charge on any atom is 0.223 e. The Morgan fingerprint density at radius 3 is 1.33 bits per heavy atom. The summed E-state index contributed by atoms with van der Waals surface area (Å²) < 4.78 is 16.2. The summed E-state index contributed by atoms with van der Waals surface area (Å²) in [5, 5.41) is 20.0. The number of aromatic nitrogens is 13. The average Bonchev–Trinajstić information content (AvgIpc) is 3.78. The number of ether oxygens (including phenoxy) is 1. The molecule has 11 rings (SSSR count). The Balaban J connectivity index is 0.000000150. The standard InChI is InChI=1S/2C19H22ClN7O.C19H25ClN6O/c2*1-4-13-10(2)6-22-14(11(13)3)8-27-7-12(5-15-26-23-9-28-15)16-17(20)24-19(21)25-18(16)27;1-10(2)22-7-13-8-26(18-15(13)17(20)24-19(21)25-18)9-14-12(4)16(27-5)11(3)6-23-14/h2*6,9,12H,4-5,7-8H2,1-3H3,(H2,21,24,25);6,13,22H,1,7-9H2,2-5H3,(H2,21,24,25)/t2*12-;/m10./s1. The Morgan fingerprint density at radius 2 is 0.964 bits per heavy atom. The van der Waals surface area contributed by atoms with E-state index in [1.807, 2.05) is 39.4 Å². The second kappa shape index (κ2) is 25.6. The van der Waals surface area contributed by atoms with Crippen molar-refractivity contribution >= 4 is 70.1 Å². The molecule has 3 atom stereocenters.